The van der Waals surface area contributed by atoms with E-state index in [-0.39, 0.29) is 31.0 Å². The van der Waals surface area contributed by atoms with E-state index in [0.717, 1.165) is 4.90 Å². The van der Waals surface area contributed by atoms with Gasteiger partial charge in [-0.1, -0.05) is 17.7 Å². The number of hydrogen-bond donors (Lipinski definition) is 0. The molecule has 1 aromatic carbocycles. The van der Waals surface area contributed by atoms with Crippen molar-refractivity contribution in [3.63, 3.8) is 0 Å². The molecule has 4 nitrogen and oxygen atoms in total. The second kappa shape index (κ2) is 7.97. The molecule has 2 rings (SSSR count). The number of nitrogens with zero attached hydrogens (tertiary/aromatic N) is 2. The van der Waals surface area contributed by atoms with Crippen LogP contribution < -0.4 is 39.0 Å². The molecule has 0 spiro atoms. The van der Waals surface area contributed by atoms with E-state index in [2.05, 4.69) is 9.97 Å². The number of rotatable bonds is 4. The molecule has 0 aliphatic heterocycles. The molecule has 7 heteroatoms. The fourth-order valence-electron chi connectivity index (χ4n) is 1.27. The molecule has 0 radical (unpaired) electrons. The van der Waals surface area contributed by atoms with Crippen LogP contribution >= 0.6 is 23.4 Å². The van der Waals surface area contributed by atoms with Gasteiger partial charge in [0.15, 0.2) is 5.16 Å². The van der Waals surface area contributed by atoms with Gasteiger partial charge in [-0.3, -0.25) is 0 Å². The topological polar surface area (TPSA) is 44.2 Å². The third kappa shape index (κ3) is 4.85. The van der Waals surface area contributed by atoms with Gasteiger partial charge in [0.05, 0.1) is 20.3 Å². The van der Waals surface area contributed by atoms with Gasteiger partial charge >= 0.3 is 29.6 Å². The normalized spacial score (nSPS) is 9.63. The van der Waals surface area contributed by atoms with Crippen LogP contribution in [0.25, 0.3) is 0 Å². The summed E-state index contributed by atoms with van der Waals surface area (Å²) in [5.74, 6) is 0.928. The van der Waals surface area contributed by atoms with Crippen LogP contribution in [0, 0.1) is 0 Å². The second-order valence-electron chi connectivity index (χ2n) is 3.29. The zero-order valence-electron chi connectivity index (χ0n) is 11.9. The molecule has 1 aromatic heterocycles. The summed E-state index contributed by atoms with van der Waals surface area (Å²) in [4.78, 5) is 9.42. The van der Waals surface area contributed by atoms with E-state index in [4.69, 9.17) is 21.1 Å². The minimum absolute atomic E-state index is 0. The van der Waals surface area contributed by atoms with Gasteiger partial charge in [0, 0.05) is 9.92 Å². The molecule has 0 unspecified atom stereocenters. The van der Waals surface area contributed by atoms with E-state index >= 15 is 0 Å². The van der Waals surface area contributed by atoms with E-state index in [1.165, 1.54) is 11.8 Å². The van der Waals surface area contributed by atoms with Crippen LogP contribution in [0.2, 0.25) is 5.02 Å². The molecule has 0 N–H and O–H groups in total. The van der Waals surface area contributed by atoms with Gasteiger partial charge in [-0.15, -0.1) is 0 Å². The first-order valence-corrected chi connectivity index (χ1v) is 6.31. The Hall–Kier alpha value is -0.460. The van der Waals surface area contributed by atoms with E-state index in [1.54, 1.807) is 20.3 Å². The van der Waals surface area contributed by atoms with Crippen molar-refractivity contribution in [2.45, 2.75) is 10.1 Å². The minimum Gasteiger partial charge on any atom is -1.00 e. The summed E-state index contributed by atoms with van der Waals surface area (Å²) < 4.78 is 10.2. The van der Waals surface area contributed by atoms with Crippen LogP contribution in [0.5, 0.6) is 11.8 Å². The van der Waals surface area contributed by atoms with Crippen LogP contribution in [0.1, 0.15) is 1.43 Å². The van der Waals surface area contributed by atoms with Crippen molar-refractivity contribution < 1.29 is 40.5 Å². The first-order chi connectivity index (χ1) is 8.71. The monoisotopic (exact) mass is 306 g/mol. The van der Waals surface area contributed by atoms with Gasteiger partial charge in [-0.25, -0.2) is 0 Å². The number of aromatic nitrogens is 2. The van der Waals surface area contributed by atoms with E-state index in [9.17, 15) is 0 Å². The van der Waals surface area contributed by atoms with Gasteiger partial charge < -0.3 is 10.9 Å². The maximum atomic E-state index is 5.92. The Balaban J connectivity index is 0.00000180. The van der Waals surface area contributed by atoms with Gasteiger partial charge in [0.1, 0.15) is 0 Å². The van der Waals surface area contributed by atoms with Gasteiger partial charge in [0.25, 0.3) is 0 Å². The summed E-state index contributed by atoms with van der Waals surface area (Å²) in [7, 11) is 3.10. The Morgan fingerprint density at radius 2 is 1.74 bits per heavy atom. The first kappa shape index (κ1) is 16.6. The van der Waals surface area contributed by atoms with Crippen LogP contribution in [0.15, 0.2) is 40.4 Å². The van der Waals surface area contributed by atoms with Crippen LogP contribution in [0.3, 0.4) is 0 Å². The molecular formula is C12H12ClN2NaO2S. The molecule has 0 aliphatic rings. The fraction of sp³-hybridized carbons (Fsp3) is 0.167. The average molecular weight is 307 g/mol. The average Bonchev–Trinajstić information content (AvgIpc) is 2.38. The second-order valence-corrected chi connectivity index (χ2v) is 4.77. The Morgan fingerprint density at radius 1 is 1.11 bits per heavy atom. The number of ether oxygens (including phenoxy) is 2. The van der Waals surface area contributed by atoms with Crippen molar-refractivity contribution >= 4 is 23.4 Å². The molecule has 0 saturated heterocycles. The van der Waals surface area contributed by atoms with E-state index in [1.807, 2.05) is 24.3 Å². The van der Waals surface area contributed by atoms with Crippen LogP contribution in [-0.4, -0.2) is 24.2 Å². The number of hydrogen-bond acceptors (Lipinski definition) is 5. The molecule has 0 aliphatic carbocycles. The van der Waals surface area contributed by atoms with Crippen LogP contribution in [-0.2, 0) is 0 Å². The van der Waals surface area contributed by atoms with Crippen molar-refractivity contribution in [3.8, 4) is 11.8 Å². The van der Waals surface area contributed by atoms with Gasteiger partial charge in [-0.2, -0.15) is 9.97 Å². The van der Waals surface area contributed by atoms with Crippen molar-refractivity contribution in [1.82, 2.24) is 9.97 Å². The third-order valence-corrected chi connectivity index (χ3v) is 3.17. The molecule has 1 heterocycles. The van der Waals surface area contributed by atoms with Crippen molar-refractivity contribution in [2.75, 3.05) is 14.2 Å². The van der Waals surface area contributed by atoms with Crippen molar-refractivity contribution in [2.24, 2.45) is 0 Å². The maximum Gasteiger partial charge on any atom is 1.00 e. The summed E-state index contributed by atoms with van der Waals surface area (Å²) >= 11 is 7.32. The number of methoxy groups -OCH3 is 2. The third-order valence-electron chi connectivity index (χ3n) is 2.08. The van der Waals surface area contributed by atoms with Crippen molar-refractivity contribution in [3.05, 3.63) is 35.4 Å². The van der Waals surface area contributed by atoms with E-state index < -0.39 is 0 Å². The summed E-state index contributed by atoms with van der Waals surface area (Å²) in [6, 6.07) is 9.11. The van der Waals surface area contributed by atoms with Gasteiger partial charge in [-0.05, 0) is 30.0 Å². The molecule has 96 valence electrons. The number of benzene rings is 1. The quantitative estimate of drug-likeness (QED) is 0.605. The maximum absolute atomic E-state index is 5.92. The predicted molar refractivity (Wildman–Crippen MR) is 71.8 cm³/mol. The Bertz CT molecular complexity index is 540. The molecule has 19 heavy (non-hydrogen) atoms. The Kier molecular flexibility index (Phi) is 6.96. The molecule has 0 amide bonds. The molecule has 2 aromatic rings. The fourth-order valence-corrected chi connectivity index (χ4v) is 2.34. The summed E-state index contributed by atoms with van der Waals surface area (Å²) in [5.41, 5.74) is 0. The standard InChI is InChI=1S/C12H11ClN2O2S.Na.H/c1-16-10-7-11(17-2)15-12(14-10)18-9-5-3-4-8(13)6-9;;/h3-7H,1-2H3;;/q;+1;-1. The first-order valence-electron chi connectivity index (χ1n) is 5.12. The summed E-state index contributed by atoms with van der Waals surface area (Å²) in [6.07, 6.45) is 0. The molecular weight excluding hydrogens is 295 g/mol. The molecule has 0 bridgehead atoms. The van der Waals surface area contributed by atoms with Crippen LogP contribution in [0.4, 0.5) is 0 Å². The number of halogens is 1. The summed E-state index contributed by atoms with van der Waals surface area (Å²) in [5, 5.41) is 1.23. The predicted octanol–water partition coefficient (Wildman–Crippen LogP) is 0.415. The molecule has 0 fully saturated rings. The zero-order valence-corrected chi connectivity index (χ0v) is 14.5. The smallest absolute Gasteiger partial charge is 1.00 e. The van der Waals surface area contributed by atoms with Crippen molar-refractivity contribution in [1.29, 1.82) is 0 Å². The summed E-state index contributed by atoms with van der Waals surface area (Å²) in [6.45, 7) is 0. The van der Waals surface area contributed by atoms with Gasteiger partial charge in [0.2, 0.25) is 11.8 Å². The largest absolute Gasteiger partial charge is 1.00 e. The SMILES string of the molecule is COc1cc(OC)nc(Sc2cccc(Cl)c2)n1.[H-].[Na+]. The minimum atomic E-state index is 0. The zero-order chi connectivity index (χ0) is 13.0. The molecule has 0 saturated carbocycles. The Morgan fingerprint density at radius 3 is 2.26 bits per heavy atom. The Labute approximate surface area is 144 Å². The van der Waals surface area contributed by atoms with E-state index in [0.29, 0.717) is 21.9 Å². The molecule has 0 atom stereocenters.